The van der Waals surface area contributed by atoms with Gasteiger partial charge in [0.25, 0.3) is 0 Å². The Morgan fingerprint density at radius 1 is 0.941 bits per heavy atom. The summed E-state index contributed by atoms with van der Waals surface area (Å²) in [5, 5.41) is 0. The summed E-state index contributed by atoms with van der Waals surface area (Å²) in [4.78, 5) is 7.93. The van der Waals surface area contributed by atoms with Gasteiger partial charge in [-0.25, -0.2) is 0 Å². The minimum Gasteiger partial charge on any atom is -0.364 e. The first-order chi connectivity index (χ1) is 8.34. The molecule has 2 nitrogen and oxygen atoms in total. The molecular formula is C13H11BrN2S. The second-order valence-corrected chi connectivity index (χ2v) is 6.32. The molecule has 0 bridgehead atoms. The van der Waals surface area contributed by atoms with Crippen LogP contribution in [0.25, 0.3) is 0 Å². The highest BCUT2D eigenvalue weighted by atomic mass is 79.9. The van der Waals surface area contributed by atoms with E-state index in [9.17, 15) is 0 Å². The van der Waals surface area contributed by atoms with E-state index in [0.717, 1.165) is 3.79 Å². The predicted molar refractivity (Wildman–Crippen MR) is 74.5 cm³/mol. The fourth-order valence-electron chi connectivity index (χ4n) is 2.01. The van der Waals surface area contributed by atoms with Crippen LogP contribution >= 0.6 is 27.3 Å². The number of nitrogens with one attached hydrogen (secondary N) is 2. The quantitative estimate of drug-likeness (QED) is 0.721. The molecule has 0 spiro atoms. The molecule has 0 fully saturated rings. The minimum absolute atomic E-state index is 0.260. The highest BCUT2D eigenvalue weighted by Gasteiger charge is 2.19. The molecule has 4 heteroatoms. The maximum absolute atomic E-state index is 3.53. The first-order valence-electron chi connectivity index (χ1n) is 5.36. The van der Waals surface area contributed by atoms with Gasteiger partial charge in [0, 0.05) is 28.7 Å². The molecule has 3 aromatic rings. The number of aromatic amines is 2. The fraction of sp³-hybridized carbons (Fsp3) is 0.0769. The van der Waals surface area contributed by atoms with E-state index in [1.165, 1.54) is 16.3 Å². The molecule has 86 valence electrons. The molecule has 0 aliphatic rings. The Balaban J connectivity index is 2.09. The molecule has 0 amide bonds. The van der Waals surface area contributed by atoms with Gasteiger partial charge >= 0.3 is 0 Å². The molecule has 3 aromatic heterocycles. The van der Waals surface area contributed by atoms with Gasteiger partial charge in [0.2, 0.25) is 0 Å². The summed E-state index contributed by atoms with van der Waals surface area (Å²) in [6.45, 7) is 0. The van der Waals surface area contributed by atoms with Crippen LogP contribution in [0.15, 0.2) is 52.6 Å². The molecule has 0 unspecified atom stereocenters. The number of rotatable bonds is 3. The zero-order valence-electron chi connectivity index (χ0n) is 8.98. The third kappa shape index (κ3) is 2.10. The molecule has 3 heterocycles. The summed E-state index contributed by atoms with van der Waals surface area (Å²) in [7, 11) is 0. The minimum atomic E-state index is 0.260. The summed E-state index contributed by atoms with van der Waals surface area (Å²) >= 11 is 5.29. The van der Waals surface area contributed by atoms with E-state index in [4.69, 9.17) is 0 Å². The topological polar surface area (TPSA) is 31.6 Å². The monoisotopic (exact) mass is 306 g/mol. The Morgan fingerprint density at radius 2 is 1.59 bits per heavy atom. The van der Waals surface area contributed by atoms with Crippen molar-refractivity contribution in [3.63, 3.8) is 0 Å². The number of H-pyrrole nitrogens is 2. The summed E-state index contributed by atoms with van der Waals surface area (Å²) in [5.74, 6) is 0.260. The Kier molecular flexibility index (Phi) is 2.91. The Hall–Kier alpha value is -1.26. The molecule has 17 heavy (non-hydrogen) atoms. The van der Waals surface area contributed by atoms with Gasteiger partial charge in [-0.15, -0.1) is 11.3 Å². The van der Waals surface area contributed by atoms with E-state index in [0.29, 0.717) is 0 Å². The van der Waals surface area contributed by atoms with Gasteiger partial charge in [-0.2, -0.15) is 0 Å². The summed E-state index contributed by atoms with van der Waals surface area (Å²) in [6, 6.07) is 12.6. The lowest BCUT2D eigenvalue weighted by molar-refractivity contribution is 0.917. The average Bonchev–Trinajstić information content (AvgIpc) is 3.02. The molecule has 0 radical (unpaired) electrons. The second kappa shape index (κ2) is 4.55. The lowest BCUT2D eigenvalue weighted by atomic mass is 10.00. The van der Waals surface area contributed by atoms with Crippen LogP contribution in [0.4, 0.5) is 0 Å². The normalized spacial score (nSPS) is 11.2. The average molecular weight is 307 g/mol. The summed E-state index contributed by atoms with van der Waals surface area (Å²) < 4.78 is 1.16. The van der Waals surface area contributed by atoms with Crippen molar-refractivity contribution in [3.05, 3.63) is 68.8 Å². The second-order valence-electron chi connectivity index (χ2n) is 3.83. The van der Waals surface area contributed by atoms with Crippen molar-refractivity contribution in [2.45, 2.75) is 5.92 Å². The van der Waals surface area contributed by atoms with Crippen molar-refractivity contribution >= 4 is 27.3 Å². The van der Waals surface area contributed by atoms with E-state index < -0.39 is 0 Å². The molecular weight excluding hydrogens is 296 g/mol. The van der Waals surface area contributed by atoms with Gasteiger partial charge in [-0.1, -0.05) is 0 Å². The number of hydrogen-bond acceptors (Lipinski definition) is 1. The maximum Gasteiger partial charge on any atom is 0.0735 e. The van der Waals surface area contributed by atoms with Crippen LogP contribution in [0.5, 0.6) is 0 Å². The Bertz CT molecular complexity index is 547. The SMILES string of the molecule is Brc1ccc(C(c2ccc[nH]2)c2ccc[nH]2)s1. The van der Waals surface area contributed by atoms with Gasteiger partial charge in [-0.3, -0.25) is 0 Å². The van der Waals surface area contributed by atoms with E-state index >= 15 is 0 Å². The first kappa shape index (κ1) is 10.9. The van der Waals surface area contributed by atoms with E-state index in [1.54, 1.807) is 11.3 Å². The van der Waals surface area contributed by atoms with E-state index in [-0.39, 0.29) is 5.92 Å². The van der Waals surface area contributed by atoms with E-state index in [2.05, 4.69) is 50.2 Å². The fourth-order valence-corrected chi connectivity index (χ4v) is 3.57. The van der Waals surface area contributed by atoms with Crippen LogP contribution in [0, 0.1) is 0 Å². The summed E-state index contributed by atoms with van der Waals surface area (Å²) in [6.07, 6.45) is 3.93. The van der Waals surface area contributed by atoms with Crippen LogP contribution < -0.4 is 0 Å². The van der Waals surface area contributed by atoms with Crippen molar-refractivity contribution < 1.29 is 0 Å². The van der Waals surface area contributed by atoms with Crippen molar-refractivity contribution in [3.8, 4) is 0 Å². The zero-order chi connectivity index (χ0) is 11.7. The summed E-state index contributed by atoms with van der Waals surface area (Å²) in [5.41, 5.74) is 2.42. The molecule has 0 saturated heterocycles. The molecule has 3 rings (SSSR count). The zero-order valence-corrected chi connectivity index (χ0v) is 11.4. The molecule has 0 aliphatic heterocycles. The Morgan fingerprint density at radius 3 is 2.00 bits per heavy atom. The van der Waals surface area contributed by atoms with Gasteiger partial charge in [-0.05, 0) is 52.3 Å². The van der Waals surface area contributed by atoms with Crippen LogP contribution in [0.1, 0.15) is 22.2 Å². The van der Waals surface area contributed by atoms with Crippen molar-refractivity contribution in [2.75, 3.05) is 0 Å². The highest BCUT2D eigenvalue weighted by Crippen LogP contribution is 2.36. The first-order valence-corrected chi connectivity index (χ1v) is 6.97. The number of aromatic nitrogens is 2. The predicted octanol–water partition coefficient (Wildman–Crippen LogP) is 4.35. The molecule has 0 atom stereocenters. The third-order valence-corrected chi connectivity index (χ3v) is 4.43. The van der Waals surface area contributed by atoms with Gasteiger partial charge in [0.1, 0.15) is 0 Å². The molecule has 0 aliphatic carbocycles. The van der Waals surface area contributed by atoms with Crippen molar-refractivity contribution in [1.82, 2.24) is 9.97 Å². The van der Waals surface area contributed by atoms with Gasteiger partial charge in [0.05, 0.1) is 9.70 Å². The lowest BCUT2D eigenvalue weighted by Gasteiger charge is -2.12. The maximum atomic E-state index is 3.53. The standard InChI is InChI=1S/C13H11BrN2S/c14-12-6-5-11(17-12)13(9-3-1-7-15-9)10-4-2-8-16-10/h1-8,13,15-16H. The van der Waals surface area contributed by atoms with Gasteiger partial charge < -0.3 is 9.97 Å². The number of thiophene rings is 1. The van der Waals surface area contributed by atoms with Crippen molar-refractivity contribution in [1.29, 1.82) is 0 Å². The smallest absolute Gasteiger partial charge is 0.0735 e. The lowest BCUT2D eigenvalue weighted by Crippen LogP contribution is -2.01. The number of halogens is 1. The van der Waals surface area contributed by atoms with Crippen LogP contribution in [0.2, 0.25) is 0 Å². The molecule has 0 saturated carbocycles. The third-order valence-electron chi connectivity index (χ3n) is 2.74. The van der Waals surface area contributed by atoms with Crippen LogP contribution in [-0.4, -0.2) is 9.97 Å². The molecule has 2 N–H and O–H groups in total. The molecule has 0 aromatic carbocycles. The van der Waals surface area contributed by atoms with Crippen LogP contribution in [-0.2, 0) is 0 Å². The van der Waals surface area contributed by atoms with Crippen LogP contribution in [0.3, 0.4) is 0 Å². The van der Waals surface area contributed by atoms with Crippen molar-refractivity contribution in [2.24, 2.45) is 0 Å². The Labute approximate surface area is 112 Å². The van der Waals surface area contributed by atoms with Gasteiger partial charge in [0.15, 0.2) is 0 Å². The largest absolute Gasteiger partial charge is 0.364 e. The van der Waals surface area contributed by atoms with E-state index in [1.807, 2.05) is 24.5 Å². The highest BCUT2D eigenvalue weighted by molar-refractivity contribution is 9.11. The number of hydrogen-bond donors (Lipinski definition) is 2.